The summed E-state index contributed by atoms with van der Waals surface area (Å²) < 4.78 is 0. The van der Waals surface area contributed by atoms with Crippen LogP contribution in [0.2, 0.25) is 0 Å². The van der Waals surface area contributed by atoms with Crippen molar-refractivity contribution < 1.29 is 0 Å². The fourth-order valence-electron chi connectivity index (χ4n) is 2.62. The highest BCUT2D eigenvalue weighted by molar-refractivity contribution is 7.98. The summed E-state index contributed by atoms with van der Waals surface area (Å²) in [4.78, 5) is 4.77. The molecule has 0 amide bonds. The van der Waals surface area contributed by atoms with Gasteiger partial charge >= 0.3 is 0 Å². The van der Waals surface area contributed by atoms with Crippen molar-refractivity contribution in [1.82, 2.24) is 25.6 Å². The van der Waals surface area contributed by atoms with Gasteiger partial charge in [-0.1, -0.05) is 47.2 Å². The average molecular weight is 321 g/mol. The van der Waals surface area contributed by atoms with Crippen LogP contribution in [0.15, 0.2) is 53.4 Å². The summed E-state index contributed by atoms with van der Waals surface area (Å²) in [6.45, 7) is 2.11. The lowest BCUT2D eigenvalue weighted by Gasteiger charge is -2.04. The number of thioether (sulfide) groups is 1. The molecule has 0 aliphatic rings. The number of H-pyrrole nitrogens is 2. The molecular weight excluding hydrogens is 306 g/mol. The zero-order valence-corrected chi connectivity index (χ0v) is 13.4. The van der Waals surface area contributed by atoms with Crippen LogP contribution in [0.5, 0.6) is 0 Å². The summed E-state index contributed by atoms with van der Waals surface area (Å²) in [7, 11) is 0. The maximum Gasteiger partial charge on any atom is 0.184 e. The Morgan fingerprint density at radius 3 is 2.74 bits per heavy atom. The lowest BCUT2D eigenvalue weighted by molar-refractivity contribution is 0.881. The van der Waals surface area contributed by atoms with Crippen LogP contribution in [0.3, 0.4) is 0 Å². The number of tetrazole rings is 1. The van der Waals surface area contributed by atoms with Crippen LogP contribution in [-0.4, -0.2) is 25.6 Å². The van der Waals surface area contributed by atoms with Crippen LogP contribution in [0.25, 0.3) is 22.2 Å². The fraction of sp³-hybridized carbons (Fsp3) is 0.118. The van der Waals surface area contributed by atoms with E-state index in [1.165, 1.54) is 21.4 Å². The van der Waals surface area contributed by atoms with Gasteiger partial charge < -0.3 is 4.98 Å². The number of hydrogen-bond donors (Lipinski definition) is 2. The molecular formula is C17H15N5S. The standard InChI is InChI=1S/C17H15N5S/c1-11-7-8-14-13(9-11)17(23-10-15-19-21-22-20-15)16(18-14)12-5-3-2-4-6-12/h2-9,18H,10H2,1H3,(H,19,20,21,22). The van der Waals surface area contributed by atoms with Crippen molar-refractivity contribution in [2.75, 3.05) is 0 Å². The van der Waals surface area contributed by atoms with Crippen molar-refractivity contribution in [1.29, 1.82) is 0 Å². The Morgan fingerprint density at radius 2 is 1.96 bits per heavy atom. The van der Waals surface area contributed by atoms with Crippen LogP contribution in [0, 0.1) is 6.92 Å². The predicted octanol–water partition coefficient (Wildman–Crippen LogP) is 3.95. The Labute approximate surface area is 137 Å². The Kier molecular flexibility index (Phi) is 3.59. The summed E-state index contributed by atoms with van der Waals surface area (Å²) in [5, 5.41) is 15.4. The number of aromatic nitrogens is 5. The van der Waals surface area contributed by atoms with Gasteiger partial charge in [0.05, 0.1) is 11.4 Å². The summed E-state index contributed by atoms with van der Waals surface area (Å²) in [5.41, 5.74) is 4.71. The first kappa shape index (κ1) is 14.0. The van der Waals surface area contributed by atoms with Gasteiger partial charge in [0.15, 0.2) is 5.82 Å². The van der Waals surface area contributed by atoms with E-state index in [-0.39, 0.29) is 0 Å². The van der Waals surface area contributed by atoms with Gasteiger partial charge in [0.2, 0.25) is 0 Å². The zero-order valence-electron chi connectivity index (χ0n) is 12.6. The number of benzene rings is 2. The lowest BCUT2D eigenvalue weighted by Crippen LogP contribution is -1.85. The summed E-state index contributed by atoms with van der Waals surface area (Å²) in [5.74, 6) is 1.38. The second kappa shape index (κ2) is 5.89. The van der Waals surface area contributed by atoms with Gasteiger partial charge in [0, 0.05) is 15.8 Å². The van der Waals surface area contributed by atoms with Crippen LogP contribution >= 0.6 is 11.8 Å². The number of nitrogens with zero attached hydrogens (tertiary/aromatic N) is 3. The molecule has 0 atom stereocenters. The van der Waals surface area contributed by atoms with Crippen LogP contribution in [0.1, 0.15) is 11.4 Å². The third kappa shape index (κ3) is 2.73. The van der Waals surface area contributed by atoms with E-state index in [4.69, 9.17) is 0 Å². The number of aryl methyl sites for hydroxylation is 1. The summed E-state index contributed by atoms with van der Waals surface area (Å²) >= 11 is 1.73. The molecule has 2 aromatic carbocycles. The minimum Gasteiger partial charge on any atom is -0.354 e. The number of rotatable bonds is 4. The predicted molar refractivity (Wildman–Crippen MR) is 92.2 cm³/mol. The maximum absolute atomic E-state index is 4.04. The second-order valence-corrected chi connectivity index (χ2v) is 6.35. The lowest BCUT2D eigenvalue weighted by atomic mass is 10.1. The number of aromatic amines is 2. The SMILES string of the molecule is Cc1ccc2[nH]c(-c3ccccc3)c(SCc3nn[nH]n3)c2c1. The van der Waals surface area contributed by atoms with Crippen molar-refractivity contribution in [3.63, 3.8) is 0 Å². The molecule has 23 heavy (non-hydrogen) atoms. The normalized spacial score (nSPS) is 11.2. The van der Waals surface area contributed by atoms with Gasteiger partial charge in [-0.25, -0.2) is 0 Å². The van der Waals surface area contributed by atoms with E-state index in [0.717, 1.165) is 11.2 Å². The molecule has 2 heterocycles. The van der Waals surface area contributed by atoms with E-state index in [1.54, 1.807) is 11.8 Å². The Balaban J connectivity index is 1.82. The third-order valence-corrected chi connectivity index (χ3v) is 4.82. The molecule has 0 fully saturated rings. The third-order valence-electron chi connectivity index (χ3n) is 3.70. The zero-order chi connectivity index (χ0) is 15.6. The highest BCUT2D eigenvalue weighted by atomic mass is 32.2. The highest BCUT2D eigenvalue weighted by Crippen LogP contribution is 2.39. The molecule has 4 rings (SSSR count). The molecule has 0 saturated heterocycles. The van der Waals surface area contributed by atoms with E-state index < -0.39 is 0 Å². The fourth-order valence-corrected chi connectivity index (χ4v) is 3.65. The molecule has 0 aliphatic heterocycles. The van der Waals surface area contributed by atoms with E-state index in [0.29, 0.717) is 11.6 Å². The molecule has 0 aliphatic carbocycles. The number of nitrogens with one attached hydrogen (secondary N) is 2. The Hall–Kier alpha value is -2.60. The molecule has 2 aromatic heterocycles. The summed E-state index contributed by atoms with van der Waals surface area (Å²) in [6, 6.07) is 16.9. The smallest absolute Gasteiger partial charge is 0.184 e. The molecule has 0 bridgehead atoms. The van der Waals surface area contributed by atoms with Crippen molar-refractivity contribution >= 4 is 22.7 Å². The van der Waals surface area contributed by atoms with Crippen LogP contribution in [-0.2, 0) is 5.75 Å². The first-order valence-electron chi connectivity index (χ1n) is 7.34. The van der Waals surface area contributed by atoms with Gasteiger partial charge in [0.25, 0.3) is 0 Å². The number of fused-ring (bicyclic) bond motifs is 1. The van der Waals surface area contributed by atoms with E-state index >= 15 is 0 Å². The second-order valence-electron chi connectivity index (χ2n) is 5.36. The van der Waals surface area contributed by atoms with Gasteiger partial charge in [-0.05, 0) is 24.6 Å². The maximum atomic E-state index is 4.04. The van der Waals surface area contributed by atoms with Gasteiger partial charge in [0.1, 0.15) is 0 Å². The van der Waals surface area contributed by atoms with Crippen molar-refractivity contribution in [2.24, 2.45) is 0 Å². The van der Waals surface area contributed by atoms with E-state index in [2.05, 4.69) is 75.0 Å². The minimum atomic E-state index is 0.678. The topological polar surface area (TPSA) is 70.2 Å². The van der Waals surface area contributed by atoms with Gasteiger partial charge in [-0.2, -0.15) is 5.21 Å². The molecule has 114 valence electrons. The monoisotopic (exact) mass is 321 g/mol. The van der Waals surface area contributed by atoms with E-state index in [1.807, 2.05) is 6.07 Å². The van der Waals surface area contributed by atoms with Gasteiger partial charge in [-0.3, -0.25) is 0 Å². The Bertz CT molecular complexity index is 928. The minimum absolute atomic E-state index is 0.678. The first-order chi connectivity index (χ1) is 11.3. The molecule has 0 saturated carbocycles. The van der Waals surface area contributed by atoms with Crippen molar-refractivity contribution in [2.45, 2.75) is 17.6 Å². The van der Waals surface area contributed by atoms with Gasteiger partial charge in [-0.15, -0.1) is 22.0 Å². The summed E-state index contributed by atoms with van der Waals surface area (Å²) in [6.07, 6.45) is 0. The highest BCUT2D eigenvalue weighted by Gasteiger charge is 2.14. The van der Waals surface area contributed by atoms with Crippen molar-refractivity contribution in [3.8, 4) is 11.3 Å². The largest absolute Gasteiger partial charge is 0.354 e. The Morgan fingerprint density at radius 1 is 1.09 bits per heavy atom. The first-order valence-corrected chi connectivity index (χ1v) is 8.33. The van der Waals surface area contributed by atoms with Crippen molar-refractivity contribution in [3.05, 3.63) is 59.9 Å². The van der Waals surface area contributed by atoms with E-state index in [9.17, 15) is 0 Å². The molecule has 5 nitrogen and oxygen atoms in total. The molecule has 0 unspecified atom stereocenters. The van der Waals surface area contributed by atoms with Crippen LogP contribution < -0.4 is 0 Å². The number of hydrogen-bond acceptors (Lipinski definition) is 4. The molecule has 6 heteroatoms. The molecule has 2 N–H and O–H groups in total. The molecule has 4 aromatic rings. The quantitative estimate of drug-likeness (QED) is 0.558. The van der Waals surface area contributed by atoms with Crippen LogP contribution in [0.4, 0.5) is 0 Å². The molecule has 0 radical (unpaired) electrons. The molecule has 0 spiro atoms. The average Bonchev–Trinajstić information content (AvgIpc) is 3.21.